The molecule has 6 rings (SSSR count). The lowest BCUT2D eigenvalue weighted by molar-refractivity contribution is 0.151. The van der Waals surface area contributed by atoms with Gasteiger partial charge in [0.25, 0.3) is 0 Å². The number of aromatic nitrogens is 2. The molecule has 0 amide bonds. The molecule has 2 N–H and O–H groups in total. The lowest BCUT2D eigenvalue weighted by atomic mass is 10.0. The summed E-state index contributed by atoms with van der Waals surface area (Å²) < 4.78 is 22.6. The Labute approximate surface area is 215 Å². The number of aliphatic hydroxyl groups excluding tert-OH is 2. The molecule has 2 atom stereocenters. The number of ether oxygens (including phenoxy) is 4. The fourth-order valence-corrected chi connectivity index (χ4v) is 6.17. The molecule has 0 fully saturated rings. The highest BCUT2D eigenvalue weighted by molar-refractivity contribution is 7.11. The Hall–Kier alpha value is -3.18. The molecule has 2 unspecified atom stereocenters. The maximum atomic E-state index is 10.9. The number of pyridine rings is 2. The third-order valence-corrected chi connectivity index (χ3v) is 8.12. The van der Waals surface area contributed by atoms with Gasteiger partial charge in [0, 0.05) is 36.0 Å². The van der Waals surface area contributed by atoms with E-state index in [-0.39, 0.29) is 0 Å². The first-order valence-electron chi connectivity index (χ1n) is 11.7. The maximum Gasteiger partial charge on any atom is 0.177 e. The van der Waals surface area contributed by atoms with Gasteiger partial charge in [-0.3, -0.25) is 9.97 Å². The van der Waals surface area contributed by atoms with Crippen molar-refractivity contribution in [2.45, 2.75) is 25.0 Å². The first-order chi connectivity index (χ1) is 17.7. The quantitative estimate of drug-likeness (QED) is 0.368. The topological polar surface area (TPSA) is 103 Å². The minimum atomic E-state index is -0.715. The first-order valence-corrected chi connectivity index (χ1v) is 13.4. The molecule has 6 heterocycles. The van der Waals surface area contributed by atoms with Crippen LogP contribution in [-0.4, -0.2) is 46.6 Å². The summed E-state index contributed by atoms with van der Waals surface area (Å²) in [5.41, 5.74) is 3.27. The third-order valence-electron chi connectivity index (χ3n) is 6.03. The highest BCUT2D eigenvalue weighted by Gasteiger charge is 2.25. The third kappa shape index (κ3) is 4.64. The number of rotatable bonds is 7. The summed E-state index contributed by atoms with van der Waals surface area (Å²) in [4.78, 5) is 10.5. The lowest BCUT2D eigenvalue weighted by Gasteiger charge is -2.18. The van der Waals surface area contributed by atoms with Crippen LogP contribution in [0.1, 0.15) is 33.1 Å². The molecule has 186 valence electrons. The maximum absolute atomic E-state index is 10.9. The van der Waals surface area contributed by atoms with Crippen molar-refractivity contribution in [3.63, 3.8) is 0 Å². The van der Waals surface area contributed by atoms with Crippen LogP contribution in [0.25, 0.3) is 11.4 Å². The monoisotopic (exact) mass is 524 g/mol. The molecule has 2 aliphatic rings. The van der Waals surface area contributed by atoms with Crippen LogP contribution in [0.15, 0.2) is 47.4 Å². The SMILES string of the molecule is OC(Cc1ccnc(-c2cc(CC(O)c3scc4c3OCCO4)ccn2)c1)c1scc2c1OCCO2. The summed E-state index contributed by atoms with van der Waals surface area (Å²) in [6.45, 7) is 2.01. The minimum absolute atomic E-state index is 0.412. The second kappa shape index (κ2) is 10.1. The van der Waals surface area contributed by atoms with Crippen LogP contribution in [0.4, 0.5) is 0 Å². The van der Waals surface area contributed by atoms with E-state index in [9.17, 15) is 10.2 Å². The standard InChI is InChI=1S/C26H24N2O6S2/c29-19(25-23-21(13-35-25)31-5-7-33-23)11-15-1-3-27-17(9-15)18-10-16(2-4-28-18)12-20(30)26-24-22(14-36-26)32-6-8-34-24/h1-4,9-10,13-14,19-20,29-30H,5-8,11-12H2. The van der Waals surface area contributed by atoms with Crippen molar-refractivity contribution < 1.29 is 29.2 Å². The molecule has 36 heavy (non-hydrogen) atoms. The van der Waals surface area contributed by atoms with E-state index in [0.717, 1.165) is 20.9 Å². The van der Waals surface area contributed by atoms with Crippen LogP contribution in [0.2, 0.25) is 0 Å². The highest BCUT2D eigenvalue weighted by Crippen LogP contribution is 2.44. The molecule has 0 radical (unpaired) electrons. The van der Waals surface area contributed by atoms with Crippen LogP contribution < -0.4 is 18.9 Å². The molecule has 0 saturated carbocycles. The van der Waals surface area contributed by atoms with Crippen LogP contribution >= 0.6 is 22.7 Å². The number of thiophene rings is 2. The van der Waals surface area contributed by atoms with Crippen molar-refractivity contribution in [2.75, 3.05) is 26.4 Å². The molecule has 4 aromatic rings. The number of nitrogens with zero attached hydrogens (tertiary/aromatic N) is 2. The number of hydrogen-bond acceptors (Lipinski definition) is 10. The predicted octanol–water partition coefficient (Wildman–Crippen LogP) is 4.36. The molecule has 0 bridgehead atoms. The van der Waals surface area contributed by atoms with Gasteiger partial charge in [-0.25, -0.2) is 0 Å². The molecular formula is C26H24N2O6S2. The molecule has 4 aromatic heterocycles. The summed E-state index contributed by atoms with van der Waals surface area (Å²) in [7, 11) is 0. The molecule has 0 aromatic carbocycles. The summed E-state index contributed by atoms with van der Waals surface area (Å²) in [5, 5.41) is 25.5. The smallest absolute Gasteiger partial charge is 0.177 e. The van der Waals surface area contributed by atoms with Crippen LogP contribution in [0.5, 0.6) is 23.0 Å². The fraction of sp³-hybridized carbons (Fsp3) is 0.308. The van der Waals surface area contributed by atoms with E-state index in [2.05, 4.69) is 9.97 Å². The van der Waals surface area contributed by atoms with Crippen molar-refractivity contribution in [3.8, 4) is 34.4 Å². The number of hydrogen-bond donors (Lipinski definition) is 2. The van der Waals surface area contributed by atoms with Crippen molar-refractivity contribution in [1.82, 2.24) is 9.97 Å². The van der Waals surface area contributed by atoms with Crippen molar-refractivity contribution in [2.24, 2.45) is 0 Å². The van der Waals surface area contributed by atoms with Crippen molar-refractivity contribution >= 4 is 22.7 Å². The molecule has 10 heteroatoms. The zero-order valence-electron chi connectivity index (χ0n) is 19.3. The van der Waals surface area contributed by atoms with Crippen molar-refractivity contribution in [1.29, 1.82) is 0 Å². The van der Waals surface area contributed by atoms with E-state index in [1.807, 2.05) is 35.0 Å². The average Bonchev–Trinajstić information content (AvgIpc) is 3.54. The molecule has 0 spiro atoms. The van der Waals surface area contributed by atoms with Gasteiger partial charge < -0.3 is 29.2 Å². The Morgan fingerprint density at radius 2 is 1.14 bits per heavy atom. The van der Waals surface area contributed by atoms with Crippen LogP contribution in [0.3, 0.4) is 0 Å². The second-order valence-electron chi connectivity index (χ2n) is 8.52. The molecule has 2 aliphatic heterocycles. The van der Waals surface area contributed by atoms with E-state index in [1.165, 1.54) is 22.7 Å². The van der Waals surface area contributed by atoms with E-state index >= 15 is 0 Å². The van der Waals surface area contributed by atoms with Gasteiger partial charge in [0.15, 0.2) is 23.0 Å². The van der Waals surface area contributed by atoms with Gasteiger partial charge in [0.05, 0.1) is 33.4 Å². The van der Waals surface area contributed by atoms with Gasteiger partial charge in [-0.05, 0) is 35.4 Å². The number of fused-ring (bicyclic) bond motifs is 2. The second-order valence-corrected chi connectivity index (χ2v) is 10.3. The van der Waals surface area contributed by atoms with Gasteiger partial charge in [0.2, 0.25) is 0 Å². The Morgan fingerprint density at radius 3 is 1.61 bits per heavy atom. The van der Waals surface area contributed by atoms with Crippen molar-refractivity contribution in [3.05, 3.63) is 68.3 Å². The van der Waals surface area contributed by atoms with Gasteiger partial charge >= 0.3 is 0 Å². The van der Waals surface area contributed by atoms with E-state index < -0.39 is 12.2 Å². The first kappa shape index (κ1) is 23.2. The molecule has 8 nitrogen and oxygen atoms in total. The summed E-state index contributed by atoms with van der Waals surface area (Å²) >= 11 is 2.88. The minimum Gasteiger partial charge on any atom is -0.485 e. The van der Waals surface area contributed by atoms with Gasteiger partial charge in [0.1, 0.15) is 26.4 Å². The number of aliphatic hydroxyl groups is 2. The summed E-state index contributed by atoms with van der Waals surface area (Å²) in [5.74, 6) is 2.68. The van der Waals surface area contributed by atoms with Gasteiger partial charge in [-0.2, -0.15) is 0 Å². The fourth-order valence-electron chi connectivity index (χ4n) is 4.34. The Bertz CT molecular complexity index is 1270. The van der Waals surface area contributed by atoms with E-state index in [1.54, 1.807) is 12.4 Å². The van der Waals surface area contributed by atoms with Gasteiger partial charge in [-0.15, -0.1) is 22.7 Å². The van der Waals surface area contributed by atoms with E-state index in [0.29, 0.717) is 73.7 Å². The normalized spacial score (nSPS) is 15.9. The van der Waals surface area contributed by atoms with Gasteiger partial charge in [-0.1, -0.05) is 0 Å². The molecular weight excluding hydrogens is 500 g/mol. The zero-order chi connectivity index (χ0) is 24.5. The van der Waals surface area contributed by atoms with Crippen LogP contribution in [0, 0.1) is 0 Å². The molecule has 0 saturated heterocycles. The Morgan fingerprint density at radius 1 is 0.694 bits per heavy atom. The molecule has 0 aliphatic carbocycles. The van der Waals surface area contributed by atoms with Crippen LogP contribution in [-0.2, 0) is 12.8 Å². The largest absolute Gasteiger partial charge is 0.485 e. The predicted molar refractivity (Wildman–Crippen MR) is 135 cm³/mol. The highest BCUT2D eigenvalue weighted by atomic mass is 32.1. The van der Waals surface area contributed by atoms with E-state index in [4.69, 9.17) is 18.9 Å². The Balaban J connectivity index is 1.18. The summed E-state index contributed by atoms with van der Waals surface area (Å²) in [6.07, 6.45) is 2.84. The average molecular weight is 525 g/mol. The Kier molecular flexibility index (Phi) is 6.49. The zero-order valence-corrected chi connectivity index (χ0v) is 20.9. The summed E-state index contributed by atoms with van der Waals surface area (Å²) in [6, 6.07) is 7.65. The lowest BCUT2D eigenvalue weighted by Crippen LogP contribution is -2.15.